The molecule has 1 aliphatic rings. The van der Waals surface area contributed by atoms with E-state index in [-0.39, 0.29) is 5.54 Å². The molecule has 1 heterocycles. The van der Waals surface area contributed by atoms with E-state index in [1.165, 1.54) is 32.1 Å². The number of nitrogens with zero attached hydrogens (tertiary/aromatic N) is 2. The smallest absolute Gasteiger partial charge is 0.191 e. The van der Waals surface area contributed by atoms with Crippen LogP contribution in [0.15, 0.2) is 4.99 Å². The summed E-state index contributed by atoms with van der Waals surface area (Å²) in [7, 11) is 1.72. The van der Waals surface area contributed by atoms with Crippen LogP contribution in [0.2, 0.25) is 0 Å². The Labute approximate surface area is 105 Å². The summed E-state index contributed by atoms with van der Waals surface area (Å²) in [6.07, 6.45) is 6.34. The predicted molar refractivity (Wildman–Crippen MR) is 72.2 cm³/mol. The Morgan fingerprint density at radius 3 is 2.82 bits per heavy atom. The van der Waals surface area contributed by atoms with Gasteiger partial charge in [0.15, 0.2) is 5.96 Å². The monoisotopic (exact) mass is 241 g/mol. The van der Waals surface area contributed by atoms with E-state index in [2.05, 4.69) is 23.7 Å². The quantitative estimate of drug-likeness (QED) is 0.661. The van der Waals surface area contributed by atoms with Crippen molar-refractivity contribution in [3.8, 4) is 0 Å². The van der Waals surface area contributed by atoms with E-state index >= 15 is 0 Å². The van der Waals surface area contributed by atoms with Crippen LogP contribution in [0.1, 0.15) is 46.0 Å². The van der Waals surface area contributed by atoms with Crippen molar-refractivity contribution in [3.63, 3.8) is 0 Å². The van der Waals surface area contributed by atoms with Crippen molar-refractivity contribution in [2.45, 2.75) is 51.5 Å². The molecular weight excluding hydrogens is 214 g/mol. The van der Waals surface area contributed by atoms with Crippen LogP contribution in [0.5, 0.6) is 0 Å². The molecule has 0 amide bonds. The lowest BCUT2D eigenvalue weighted by Crippen LogP contribution is -2.50. The van der Waals surface area contributed by atoms with Gasteiger partial charge >= 0.3 is 0 Å². The molecule has 1 rings (SSSR count). The van der Waals surface area contributed by atoms with Crippen LogP contribution < -0.4 is 5.73 Å². The number of nitrogens with two attached hydrogens (primary N) is 1. The van der Waals surface area contributed by atoms with Crippen molar-refractivity contribution < 1.29 is 4.74 Å². The van der Waals surface area contributed by atoms with Crippen LogP contribution in [0.3, 0.4) is 0 Å². The summed E-state index contributed by atoms with van der Waals surface area (Å²) in [5.74, 6) is 0.681. The molecule has 100 valence electrons. The third kappa shape index (κ3) is 3.87. The number of guanidine groups is 1. The van der Waals surface area contributed by atoms with Gasteiger partial charge in [-0.3, -0.25) is 4.99 Å². The van der Waals surface area contributed by atoms with Crippen molar-refractivity contribution in [1.29, 1.82) is 0 Å². The summed E-state index contributed by atoms with van der Waals surface area (Å²) in [5, 5.41) is 0. The molecule has 1 aliphatic heterocycles. The Bertz CT molecular complexity index is 255. The minimum Gasteiger partial charge on any atom is -0.383 e. The normalized spacial score (nSPS) is 24.2. The van der Waals surface area contributed by atoms with E-state index in [9.17, 15) is 0 Å². The van der Waals surface area contributed by atoms with Crippen LogP contribution in [-0.2, 0) is 4.74 Å². The van der Waals surface area contributed by atoms with Crippen LogP contribution in [0.4, 0.5) is 0 Å². The predicted octanol–water partition coefficient (Wildman–Crippen LogP) is 1.99. The van der Waals surface area contributed by atoms with Crippen molar-refractivity contribution in [2.24, 2.45) is 10.7 Å². The Hall–Kier alpha value is -0.770. The van der Waals surface area contributed by atoms with Crippen LogP contribution in [-0.4, -0.2) is 43.2 Å². The first-order valence-corrected chi connectivity index (χ1v) is 6.70. The standard InChI is InChI=1S/C13H27N3O/c1-4-5-6-7-8-13(2)11-15-12(14)16(13)9-10-17-3/h4-11H2,1-3H3,(H2,14,15). The number of methoxy groups -OCH3 is 1. The summed E-state index contributed by atoms with van der Waals surface area (Å²) in [4.78, 5) is 6.60. The van der Waals surface area contributed by atoms with Gasteiger partial charge in [-0.1, -0.05) is 32.6 Å². The van der Waals surface area contributed by atoms with Crippen molar-refractivity contribution in [2.75, 3.05) is 26.8 Å². The van der Waals surface area contributed by atoms with Crippen molar-refractivity contribution in [3.05, 3.63) is 0 Å². The summed E-state index contributed by atoms with van der Waals surface area (Å²) < 4.78 is 5.14. The Kier molecular flexibility index (Phi) is 5.75. The van der Waals surface area contributed by atoms with E-state index in [4.69, 9.17) is 10.5 Å². The summed E-state index contributed by atoms with van der Waals surface area (Å²) >= 11 is 0. The highest BCUT2D eigenvalue weighted by molar-refractivity contribution is 5.80. The summed E-state index contributed by atoms with van der Waals surface area (Å²) in [6, 6.07) is 0. The van der Waals surface area contributed by atoms with Gasteiger partial charge < -0.3 is 15.4 Å². The number of aliphatic imine (C=N–C) groups is 1. The van der Waals surface area contributed by atoms with Gasteiger partial charge in [-0.15, -0.1) is 0 Å². The lowest BCUT2D eigenvalue weighted by molar-refractivity contribution is 0.130. The molecule has 0 aromatic rings. The fraction of sp³-hybridized carbons (Fsp3) is 0.923. The van der Waals surface area contributed by atoms with E-state index < -0.39 is 0 Å². The lowest BCUT2D eigenvalue weighted by Gasteiger charge is -2.36. The fourth-order valence-electron chi connectivity index (χ4n) is 2.41. The van der Waals surface area contributed by atoms with E-state index in [0.29, 0.717) is 12.6 Å². The lowest BCUT2D eigenvalue weighted by atomic mass is 9.93. The zero-order chi connectivity index (χ0) is 12.7. The molecule has 0 saturated carbocycles. The highest BCUT2D eigenvalue weighted by Crippen LogP contribution is 2.27. The molecule has 0 aromatic carbocycles. The molecule has 0 spiro atoms. The molecule has 2 N–H and O–H groups in total. The maximum Gasteiger partial charge on any atom is 0.191 e. The van der Waals surface area contributed by atoms with Gasteiger partial charge in [0.1, 0.15) is 0 Å². The molecule has 17 heavy (non-hydrogen) atoms. The minimum atomic E-state index is 0.107. The van der Waals surface area contributed by atoms with Gasteiger partial charge in [-0.2, -0.15) is 0 Å². The number of unbranched alkanes of at least 4 members (excludes halogenated alkanes) is 3. The molecule has 0 saturated heterocycles. The number of ether oxygens (including phenoxy) is 1. The highest BCUT2D eigenvalue weighted by atomic mass is 16.5. The maximum absolute atomic E-state index is 5.95. The SMILES string of the molecule is CCCCCCC1(C)CN=C(N)N1CCOC. The Balaban J connectivity index is 2.43. The van der Waals surface area contributed by atoms with Crippen LogP contribution in [0.25, 0.3) is 0 Å². The molecule has 1 atom stereocenters. The third-order valence-corrected chi connectivity index (χ3v) is 3.60. The summed E-state index contributed by atoms with van der Waals surface area (Å²) in [5.41, 5.74) is 6.05. The van der Waals surface area contributed by atoms with Gasteiger partial charge in [0.25, 0.3) is 0 Å². The van der Waals surface area contributed by atoms with E-state index in [1.54, 1.807) is 7.11 Å². The van der Waals surface area contributed by atoms with E-state index in [0.717, 1.165) is 13.1 Å². The third-order valence-electron chi connectivity index (χ3n) is 3.60. The molecular formula is C13H27N3O. The van der Waals surface area contributed by atoms with Gasteiger partial charge in [0.05, 0.1) is 18.7 Å². The Morgan fingerprint density at radius 1 is 1.41 bits per heavy atom. The average molecular weight is 241 g/mol. The first kappa shape index (κ1) is 14.3. The van der Waals surface area contributed by atoms with Gasteiger partial charge in [0.2, 0.25) is 0 Å². The molecule has 0 radical (unpaired) electrons. The number of rotatable bonds is 8. The molecule has 0 fully saturated rings. The Morgan fingerprint density at radius 2 is 2.18 bits per heavy atom. The second-order valence-corrected chi connectivity index (χ2v) is 5.13. The molecule has 4 nitrogen and oxygen atoms in total. The van der Waals surface area contributed by atoms with Gasteiger partial charge in [0, 0.05) is 13.7 Å². The second kappa shape index (κ2) is 6.84. The first-order valence-electron chi connectivity index (χ1n) is 6.70. The van der Waals surface area contributed by atoms with Crippen molar-refractivity contribution in [1.82, 2.24) is 4.90 Å². The zero-order valence-electron chi connectivity index (χ0n) is 11.5. The maximum atomic E-state index is 5.95. The number of hydrogen-bond acceptors (Lipinski definition) is 4. The van der Waals surface area contributed by atoms with Crippen molar-refractivity contribution >= 4 is 5.96 Å². The largest absolute Gasteiger partial charge is 0.383 e. The summed E-state index contributed by atoms with van der Waals surface area (Å²) in [6.45, 7) is 6.88. The minimum absolute atomic E-state index is 0.107. The molecule has 0 aliphatic carbocycles. The van der Waals surface area contributed by atoms with E-state index in [1.807, 2.05) is 0 Å². The molecule has 0 aromatic heterocycles. The highest BCUT2D eigenvalue weighted by Gasteiger charge is 2.36. The number of hydrogen-bond donors (Lipinski definition) is 1. The fourth-order valence-corrected chi connectivity index (χ4v) is 2.41. The second-order valence-electron chi connectivity index (χ2n) is 5.13. The first-order chi connectivity index (χ1) is 8.14. The topological polar surface area (TPSA) is 50.8 Å². The molecule has 1 unspecified atom stereocenters. The molecule has 4 heteroatoms. The van der Waals surface area contributed by atoms with Gasteiger partial charge in [-0.05, 0) is 13.3 Å². The van der Waals surface area contributed by atoms with Gasteiger partial charge in [-0.25, -0.2) is 0 Å². The average Bonchev–Trinajstić information content (AvgIpc) is 2.59. The molecule has 0 bridgehead atoms. The zero-order valence-corrected chi connectivity index (χ0v) is 11.5. The van der Waals surface area contributed by atoms with Crippen LogP contribution >= 0.6 is 0 Å². The van der Waals surface area contributed by atoms with Crippen LogP contribution in [0, 0.1) is 0 Å².